The highest BCUT2D eigenvalue weighted by Gasteiger charge is 2.16. The van der Waals surface area contributed by atoms with Crippen LogP contribution in [-0.4, -0.2) is 12.9 Å². The van der Waals surface area contributed by atoms with Gasteiger partial charge in [0.2, 0.25) is 0 Å². The largest absolute Gasteiger partial charge is 0.494 e. The molecule has 2 aromatic rings. The summed E-state index contributed by atoms with van der Waals surface area (Å²) in [4.78, 5) is 12.1. The summed E-state index contributed by atoms with van der Waals surface area (Å²) in [5.41, 5.74) is 0.364. The van der Waals surface area contributed by atoms with Gasteiger partial charge in [-0.15, -0.1) is 0 Å². The van der Waals surface area contributed by atoms with Crippen LogP contribution in [0.15, 0.2) is 42.5 Å². The monoisotopic (exact) mass is 264 g/mol. The highest BCUT2D eigenvalue weighted by atomic mass is 35.5. The summed E-state index contributed by atoms with van der Waals surface area (Å²) in [6.45, 7) is 0. The molecule has 0 saturated carbocycles. The lowest BCUT2D eigenvalue weighted by molar-refractivity contribution is 0.103. The Balaban J connectivity index is 2.43. The number of carbonyl (C=O) groups excluding carboxylic acids is 1. The smallest absolute Gasteiger partial charge is 0.196 e. The molecular weight excluding hydrogens is 255 g/mol. The first-order valence-electron chi connectivity index (χ1n) is 5.26. The van der Waals surface area contributed by atoms with Gasteiger partial charge in [-0.25, -0.2) is 4.39 Å². The Morgan fingerprint density at radius 3 is 2.44 bits per heavy atom. The van der Waals surface area contributed by atoms with Crippen molar-refractivity contribution in [1.29, 1.82) is 0 Å². The maximum Gasteiger partial charge on any atom is 0.196 e. The summed E-state index contributed by atoms with van der Waals surface area (Å²) in [6, 6.07) is 10.8. The van der Waals surface area contributed by atoms with Crippen LogP contribution in [0.5, 0.6) is 5.75 Å². The topological polar surface area (TPSA) is 26.3 Å². The van der Waals surface area contributed by atoms with E-state index in [9.17, 15) is 9.18 Å². The molecule has 0 saturated heterocycles. The molecule has 4 heteroatoms. The molecule has 2 rings (SSSR count). The van der Waals surface area contributed by atoms with Gasteiger partial charge in [-0.2, -0.15) is 0 Å². The lowest BCUT2D eigenvalue weighted by atomic mass is 10.0. The molecule has 0 unspecified atom stereocenters. The van der Waals surface area contributed by atoms with Crippen LogP contribution in [-0.2, 0) is 0 Å². The van der Waals surface area contributed by atoms with Crippen molar-refractivity contribution in [2.75, 3.05) is 7.11 Å². The second kappa shape index (κ2) is 5.19. The Bertz CT molecular complexity index is 579. The number of hydrogen-bond acceptors (Lipinski definition) is 2. The quantitative estimate of drug-likeness (QED) is 0.790. The summed E-state index contributed by atoms with van der Waals surface area (Å²) < 4.78 is 18.8. The lowest BCUT2D eigenvalue weighted by Gasteiger charge is -2.06. The van der Waals surface area contributed by atoms with Crippen LogP contribution in [0.1, 0.15) is 15.9 Å². The van der Waals surface area contributed by atoms with Crippen molar-refractivity contribution in [3.8, 4) is 5.75 Å². The zero-order valence-electron chi connectivity index (χ0n) is 9.61. The average Bonchev–Trinajstić information content (AvgIpc) is 2.39. The SMILES string of the molecule is COc1cccc(C(=O)c2ccc(Cl)cc2)c1F. The lowest BCUT2D eigenvalue weighted by Crippen LogP contribution is -2.05. The van der Waals surface area contributed by atoms with Crippen molar-refractivity contribution in [2.24, 2.45) is 0 Å². The molecule has 0 N–H and O–H groups in total. The molecule has 0 spiro atoms. The van der Waals surface area contributed by atoms with Crippen LogP contribution in [0.2, 0.25) is 5.02 Å². The molecule has 0 atom stereocenters. The summed E-state index contributed by atoms with van der Waals surface area (Å²) in [5, 5.41) is 0.526. The van der Waals surface area contributed by atoms with E-state index in [0.717, 1.165) is 0 Å². The number of carbonyl (C=O) groups is 1. The predicted octanol–water partition coefficient (Wildman–Crippen LogP) is 3.72. The van der Waals surface area contributed by atoms with Gasteiger partial charge in [-0.05, 0) is 36.4 Å². The summed E-state index contributed by atoms with van der Waals surface area (Å²) in [7, 11) is 1.36. The number of hydrogen-bond donors (Lipinski definition) is 0. The second-order valence-electron chi connectivity index (χ2n) is 3.66. The first kappa shape index (κ1) is 12.6. The van der Waals surface area contributed by atoms with E-state index < -0.39 is 11.6 Å². The summed E-state index contributed by atoms with van der Waals surface area (Å²) in [6.07, 6.45) is 0. The van der Waals surface area contributed by atoms with Gasteiger partial charge in [0.15, 0.2) is 17.3 Å². The molecule has 0 radical (unpaired) electrons. The Labute approximate surface area is 109 Å². The number of halogens is 2. The molecule has 0 bridgehead atoms. The van der Waals surface area contributed by atoms with E-state index in [4.69, 9.17) is 16.3 Å². The number of rotatable bonds is 3. The third-order valence-electron chi connectivity index (χ3n) is 2.53. The normalized spacial score (nSPS) is 10.2. The molecule has 0 aromatic heterocycles. The van der Waals surface area contributed by atoms with Crippen molar-refractivity contribution >= 4 is 17.4 Å². The van der Waals surface area contributed by atoms with Crippen molar-refractivity contribution in [3.63, 3.8) is 0 Å². The molecule has 2 nitrogen and oxygen atoms in total. The zero-order chi connectivity index (χ0) is 13.1. The summed E-state index contributed by atoms with van der Waals surface area (Å²) in [5.74, 6) is -1.00. The third kappa shape index (κ3) is 2.36. The molecule has 0 amide bonds. The zero-order valence-corrected chi connectivity index (χ0v) is 10.4. The van der Waals surface area contributed by atoms with Gasteiger partial charge in [0.05, 0.1) is 12.7 Å². The van der Waals surface area contributed by atoms with E-state index in [1.54, 1.807) is 30.3 Å². The molecule has 92 valence electrons. The molecule has 18 heavy (non-hydrogen) atoms. The van der Waals surface area contributed by atoms with Gasteiger partial charge < -0.3 is 4.74 Å². The Kier molecular flexibility index (Phi) is 3.63. The maximum atomic E-state index is 13.9. The molecule has 0 heterocycles. The minimum Gasteiger partial charge on any atom is -0.494 e. The first-order chi connectivity index (χ1) is 8.63. The number of ether oxygens (including phenoxy) is 1. The fourth-order valence-electron chi connectivity index (χ4n) is 1.60. The van der Waals surface area contributed by atoms with Gasteiger partial charge >= 0.3 is 0 Å². The minimum atomic E-state index is -0.653. The van der Waals surface area contributed by atoms with Gasteiger partial charge in [0.25, 0.3) is 0 Å². The minimum absolute atomic E-state index is 0.0170. The fourth-order valence-corrected chi connectivity index (χ4v) is 1.73. The highest BCUT2D eigenvalue weighted by molar-refractivity contribution is 6.30. The first-order valence-corrected chi connectivity index (χ1v) is 5.64. The molecule has 0 aliphatic carbocycles. The Hall–Kier alpha value is -1.87. The van der Waals surface area contributed by atoms with Crippen LogP contribution >= 0.6 is 11.6 Å². The van der Waals surface area contributed by atoms with E-state index in [1.807, 2.05) is 0 Å². The average molecular weight is 265 g/mol. The Morgan fingerprint density at radius 2 is 1.83 bits per heavy atom. The van der Waals surface area contributed by atoms with E-state index >= 15 is 0 Å². The van der Waals surface area contributed by atoms with Crippen LogP contribution < -0.4 is 4.74 Å². The van der Waals surface area contributed by atoms with E-state index in [2.05, 4.69) is 0 Å². The van der Waals surface area contributed by atoms with Crippen molar-refractivity contribution in [3.05, 3.63) is 64.4 Å². The molecule has 2 aromatic carbocycles. The third-order valence-corrected chi connectivity index (χ3v) is 2.79. The van der Waals surface area contributed by atoms with Crippen molar-refractivity contribution in [1.82, 2.24) is 0 Å². The number of ketones is 1. The van der Waals surface area contributed by atoms with E-state index in [-0.39, 0.29) is 11.3 Å². The molecule has 0 fully saturated rings. The van der Waals surface area contributed by atoms with Gasteiger partial charge in [-0.1, -0.05) is 17.7 Å². The van der Waals surface area contributed by atoms with Crippen LogP contribution in [0.25, 0.3) is 0 Å². The van der Waals surface area contributed by atoms with Gasteiger partial charge in [0.1, 0.15) is 0 Å². The molecule has 0 aliphatic rings. The van der Waals surface area contributed by atoms with Gasteiger partial charge in [-0.3, -0.25) is 4.79 Å². The standard InChI is InChI=1S/C14H10ClFO2/c1-18-12-4-2-3-11(13(12)16)14(17)9-5-7-10(15)8-6-9/h2-8H,1H3. The number of methoxy groups -OCH3 is 1. The Morgan fingerprint density at radius 1 is 1.17 bits per heavy atom. The molecular formula is C14H10ClFO2. The van der Waals surface area contributed by atoms with Crippen molar-refractivity contribution in [2.45, 2.75) is 0 Å². The van der Waals surface area contributed by atoms with Crippen LogP contribution in [0.4, 0.5) is 4.39 Å². The highest BCUT2D eigenvalue weighted by Crippen LogP contribution is 2.22. The van der Waals surface area contributed by atoms with Crippen LogP contribution in [0.3, 0.4) is 0 Å². The predicted molar refractivity (Wildman–Crippen MR) is 67.8 cm³/mol. The van der Waals surface area contributed by atoms with Crippen molar-refractivity contribution < 1.29 is 13.9 Å². The summed E-state index contributed by atoms with van der Waals surface area (Å²) >= 11 is 5.74. The van der Waals surface area contributed by atoms with E-state index in [0.29, 0.717) is 10.6 Å². The maximum absolute atomic E-state index is 13.9. The second-order valence-corrected chi connectivity index (χ2v) is 4.09. The molecule has 0 aliphatic heterocycles. The van der Waals surface area contributed by atoms with Gasteiger partial charge in [0, 0.05) is 10.6 Å². The van der Waals surface area contributed by atoms with E-state index in [1.165, 1.54) is 19.2 Å². The van der Waals surface area contributed by atoms with Crippen LogP contribution in [0, 0.1) is 5.82 Å². The fraction of sp³-hybridized carbons (Fsp3) is 0.0714. The number of benzene rings is 2.